The molecule has 3 aromatic rings. The van der Waals surface area contributed by atoms with Crippen LogP contribution in [0.1, 0.15) is 79.4 Å². The highest BCUT2D eigenvalue weighted by atomic mass is 14.2. The van der Waals surface area contributed by atoms with Gasteiger partial charge in [0, 0.05) is 0 Å². The molecule has 156 valence electrons. The summed E-state index contributed by atoms with van der Waals surface area (Å²) in [4.78, 5) is 0. The Bertz CT molecular complexity index is 828. The van der Waals surface area contributed by atoms with Crippen LogP contribution in [0.3, 0.4) is 0 Å². The number of hydrogen-bond acceptors (Lipinski definition) is 0. The van der Waals surface area contributed by atoms with E-state index in [1.54, 1.807) is 0 Å². The van der Waals surface area contributed by atoms with Crippen molar-refractivity contribution in [2.24, 2.45) is 0 Å². The third kappa shape index (κ3) is 6.89. The van der Waals surface area contributed by atoms with Crippen molar-refractivity contribution in [3.05, 3.63) is 83.9 Å². The first-order valence-corrected chi connectivity index (χ1v) is 11.2. The normalized spacial score (nSPS) is 10.6. The summed E-state index contributed by atoms with van der Waals surface area (Å²) in [5.41, 5.74) is 8.04. The molecule has 0 fully saturated rings. The fourth-order valence-electron chi connectivity index (χ4n) is 3.10. The zero-order valence-corrected chi connectivity index (χ0v) is 20.0. The van der Waals surface area contributed by atoms with Gasteiger partial charge in [-0.1, -0.05) is 129 Å². The quantitative estimate of drug-likeness (QED) is 0.419. The molecule has 0 aromatic heterocycles. The van der Waals surface area contributed by atoms with Crippen molar-refractivity contribution < 1.29 is 0 Å². The second-order valence-corrected chi connectivity index (χ2v) is 8.18. The summed E-state index contributed by atoms with van der Waals surface area (Å²) in [6.45, 7) is 19.2. The Morgan fingerprint density at radius 1 is 0.552 bits per heavy atom. The zero-order valence-electron chi connectivity index (χ0n) is 20.0. The Morgan fingerprint density at radius 2 is 0.966 bits per heavy atom. The van der Waals surface area contributed by atoms with Crippen LogP contribution in [-0.2, 0) is 5.41 Å². The van der Waals surface area contributed by atoms with Crippen molar-refractivity contribution in [1.82, 2.24) is 0 Å². The minimum absolute atomic E-state index is 0.193. The van der Waals surface area contributed by atoms with Gasteiger partial charge in [-0.05, 0) is 50.8 Å². The van der Waals surface area contributed by atoms with Crippen LogP contribution in [0.25, 0.3) is 22.3 Å². The van der Waals surface area contributed by atoms with Gasteiger partial charge in [-0.3, -0.25) is 0 Å². The number of benzene rings is 3. The van der Waals surface area contributed by atoms with E-state index in [0.717, 1.165) is 0 Å². The summed E-state index contributed by atoms with van der Waals surface area (Å²) in [6, 6.07) is 26.7. The molecule has 0 aliphatic carbocycles. The Hall–Kier alpha value is -2.34. The monoisotopic (exact) mass is 388 g/mol. The van der Waals surface area contributed by atoms with E-state index in [1.807, 2.05) is 27.7 Å². The Balaban J connectivity index is 0.000000989. The zero-order chi connectivity index (χ0) is 22.0. The van der Waals surface area contributed by atoms with E-state index < -0.39 is 0 Å². The van der Waals surface area contributed by atoms with E-state index in [2.05, 4.69) is 107 Å². The standard InChI is InChI=1S/C25H28.2C2H6/c1-18(2)19-9-11-20(12-10-19)22-7-6-8-23(17-22)21-13-15-24(16-14-21)25(3,4)5;2*1-2/h6-18H,1-5H3;2*1-2H3. The lowest BCUT2D eigenvalue weighted by Gasteiger charge is -2.19. The van der Waals surface area contributed by atoms with Crippen molar-refractivity contribution in [2.45, 2.75) is 73.6 Å². The largest absolute Gasteiger partial charge is 0.0683 e. The summed E-state index contributed by atoms with van der Waals surface area (Å²) in [5, 5.41) is 0. The SMILES string of the molecule is CC.CC.CC(C)c1ccc(-c2cccc(-c3ccc(C(C)(C)C)cc3)c2)cc1. The minimum Gasteiger partial charge on any atom is -0.0683 e. The smallest absolute Gasteiger partial charge is 0.0132 e. The summed E-state index contributed by atoms with van der Waals surface area (Å²) in [5.74, 6) is 0.571. The third-order valence-electron chi connectivity index (χ3n) is 4.86. The third-order valence-corrected chi connectivity index (χ3v) is 4.86. The highest BCUT2D eigenvalue weighted by molar-refractivity contribution is 5.73. The first-order valence-electron chi connectivity index (χ1n) is 11.2. The fraction of sp³-hybridized carbons (Fsp3) is 0.379. The molecule has 3 rings (SSSR count). The van der Waals surface area contributed by atoms with Gasteiger partial charge in [0.2, 0.25) is 0 Å². The second-order valence-electron chi connectivity index (χ2n) is 8.18. The lowest BCUT2D eigenvalue weighted by Crippen LogP contribution is -2.10. The average Bonchev–Trinajstić information content (AvgIpc) is 2.76. The molecule has 0 spiro atoms. The lowest BCUT2D eigenvalue weighted by atomic mass is 9.86. The van der Waals surface area contributed by atoms with Crippen molar-refractivity contribution >= 4 is 0 Å². The molecule has 0 aliphatic rings. The average molecular weight is 389 g/mol. The first-order chi connectivity index (χ1) is 13.8. The molecule has 0 unspecified atom stereocenters. The second kappa shape index (κ2) is 11.6. The van der Waals surface area contributed by atoms with Gasteiger partial charge in [0.1, 0.15) is 0 Å². The van der Waals surface area contributed by atoms with Gasteiger partial charge in [-0.25, -0.2) is 0 Å². The highest BCUT2D eigenvalue weighted by Gasteiger charge is 2.13. The summed E-state index contributed by atoms with van der Waals surface area (Å²) < 4.78 is 0. The molecule has 0 radical (unpaired) electrons. The molecule has 0 saturated heterocycles. The topological polar surface area (TPSA) is 0 Å². The van der Waals surface area contributed by atoms with Gasteiger partial charge in [0.05, 0.1) is 0 Å². The maximum absolute atomic E-state index is 2.29. The molecule has 0 N–H and O–H groups in total. The van der Waals surface area contributed by atoms with Gasteiger partial charge in [0.25, 0.3) is 0 Å². The minimum atomic E-state index is 0.193. The maximum atomic E-state index is 2.29. The first kappa shape index (κ1) is 24.7. The van der Waals surface area contributed by atoms with Crippen molar-refractivity contribution in [1.29, 1.82) is 0 Å². The van der Waals surface area contributed by atoms with E-state index in [4.69, 9.17) is 0 Å². The van der Waals surface area contributed by atoms with E-state index >= 15 is 0 Å². The van der Waals surface area contributed by atoms with Crippen LogP contribution >= 0.6 is 0 Å². The summed E-state index contributed by atoms with van der Waals surface area (Å²) in [6.07, 6.45) is 0. The van der Waals surface area contributed by atoms with Crippen molar-refractivity contribution in [3.8, 4) is 22.3 Å². The van der Waals surface area contributed by atoms with E-state index in [-0.39, 0.29) is 5.41 Å². The van der Waals surface area contributed by atoms with Gasteiger partial charge in [-0.2, -0.15) is 0 Å². The lowest BCUT2D eigenvalue weighted by molar-refractivity contribution is 0.590. The van der Waals surface area contributed by atoms with Crippen molar-refractivity contribution in [2.75, 3.05) is 0 Å². The molecule has 0 heteroatoms. The van der Waals surface area contributed by atoms with Crippen LogP contribution in [-0.4, -0.2) is 0 Å². The summed E-state index contributed by atoms with van der Waals surface area (Å²) >= 11 is 0. The molecule has 0 bridgehead atoms. The molecular formula is C29H40. The van der Waals surface area contributed by atoms with Crippen LogP contribution in [0.5, 0.6) is 0 Å². The molecule has 0 nitrogen and oxygen atoms in total. The van der Waals surface area contributed by atoms with Crippen molar-refractivity contribution in [3.63, 3.8) is 0 Å². The molecule has 0 amide bonds. The van der Waals surface area contributed by atoms with Crippen LogP contribution in [0, 0.1) is 0 Å². The Kier molecular flexibility index (Phi) is 9.89. The van der Waals surface area contributed by atoms with Crippen LogP contribution in [0.2, 0.25) is 0 Å². The van der Waals surface area contributed by atoms with Crippen LogP contribution < -0.4 is 0 Å². The molecular weight excluding hydrogens is 348 g/mol. The maximum Gasteiger partial charge on any atom is -0.0132 e. The molecule has 3 aromatic carbocycles. The molecule has 29 heavy (non-hydrogen) atoms. The Labute approximate surface area is 180 Å². The predicted molar refractivity (Wildman–Crippen MR) is 133 cm³/mol. The van der Waals surface area contributed by atoms with Crippen LogP contribution in [0.15, 0.2) is 72.8 Å². The van der Waals surface area contributed by atoms with Gasteiger partial charge in [0.15, 0.2) is 0 Å². The predicted octanol–water partition coefficient (Wildman–Crippen LogP) is 9.49. The molecule has 0 saturated carbocycles. The molecule has 0 heterocycles. The summed E-state index contributed by atoms with van der Waals surface area (Å²) in [7, 11) is 0. The van der Waals surface area contributed by atoms with Gasteiger partial charge >= 0.3 is 0 Å². The fourth-order valence-corrected chi connectivity index (χ4v) is 3.10. The van der Waals surface area contributed by atoms with E-state index in [0.29, 0.717) is 5.92 Å². The Morgan fingerprint density at radius 3 is 1.34 bits per heavy atom. The number of rotatable bonds is 3. The number of hydrogen-bond donors (Lipinski definition) is 0. The van der Waals surface area contributed by atoms with Gasteiger partial charge < -0.3 is 0 Å². The molecule has 0 aliphatic heterocycles. The van der Waals surface area contributed by atoms with Gasteiger partial charge in [-0.15, -0.1) is 0 Å². The van der Waals surface area contributed by atoms with E-state index in [9.17, 15) is 0 Å². The molecule has 0 atom stereocenters. The van der Waals surface area contributed by atoms with Crippen LogP contribution in [0.4, 0.5) is 0 Å². The van der Waals surface area contributed by atoms with E-state index in [1.165, 1.54) is 33.4 Å². The highest BCUT2D eigenvalue weighted by Crippen LogP contribution is 2.29.